The first-order chi connectivity index (χ1) is 17.1. The average molecular weight is 508 g/mol. The van der Waals surface area contributed by atoms with E-state index in [1.165, 1.54) is 18.0 Å². The van der Waals surface area contributed by atoms with Crippen molar-refractivity contribution in [3.05, 3.63) is 83.4 Å². The lowest BCUT2D eigenvalue weighted by Crippen LogP contribution is -2.20. The van der Waals surface area contributed by atoms with Crippen molar-refractivity contribution in [2.45, 2.75) is 5.16 Å². The van der Waals surface area contributed by atoms with Crippen LogP contribution in [0.15, 0.2) is 83.1 Å². The van der Waals surface area contributed by atoms with Crippen molar-refractivity contribution in [1.29, 1.82) is 0 Å². The lowest BCUT2D eigenvalue weighted by molar-refractivity contribution is -0.118. The maximum Gasteiger partial charge on any atom is 0.250 e. The topological polar surface area (TPSA) is 90.6 Å². The SMILES string of the molecule is COc1ccc(C=NNC(=O)CSc2nnc(-c3ccc(Cl)cc3)n2-c2ccccc2)cc1OC. The third kappa shape index (κ3) is 6.00. The molecule has 0 aliphatic carbocycles. The second kappa shape index (κ2) is 11.5. The highest BCUT2D eigenvalue weighted by atomic mass is 35.5. The van der Waals surface area contributed by atoms with Gasteiger partial charge in [-0.2, -0.15) is 5.10 Å². The number of amides is 1. The van der Waals surface area contributed by atoms with E-state index in [1.54, 1.807) is 38.5 Å². The number of nitrogens with one attached hydrogen (secondary N) is 1. The molecule has 0 atom stereocenters. The number of halogens is 1. The molecule has 1 heterocycles. The zero-order valence-electron chi connectivity index (χ0n) is 19.0. The quantitative estimate of drug-likeness (QED) is 0.198. The summed E-state index contributed by atoms with van der Waals surface area (Å²) >= 11 is 7.31. The standard InChI is InChI=1S/C25H22ClN5O3S/c1-33-21-13-8-17(14-22(21)34-2)15-27-28-23(32)16-35-25-30-29-24(18-9-11-19(26)12-10-18)31(25)20-6-4-3-5-7-20/h3-15H,16H2,1-2H3,(H,28,32). The van der Waals surface area contributed by atoms with Crippen LogP contribution in [0.25, 0.3) is 17.1 Å². The Hall–Kier alpha value is -3.82. The van der Waals surface area contributed by atoms with E-state index in [-0.39, 0.29) is 11.7 Å². The first-order valence-electron chi connectivity index (χ1n) is 10.5. The van der Waals surface area contributed by atoms with Gasteiger partial charge in [-0.3, -0.25) is 9.36 Å². The molecule has 0 radical (unpaired) electrons. The molecule has 1 amide bonds. The molecular formula is C25H22ClN5O3S. The number of hydrazone groups is 1. The molecular weight excluding hydrogens is 486 g/mol. The number of aromatic nitrogens is 3. The fourth-order valence-corrected chi connectivity index (χ4v) is 4.10. The Balaban J connectivity index is 1.46. The molecule has 0 fully saturated rings. The van der Waals surface area contributed by atoms with Crippen molar-refractivity contribution in [1.82, 2.24) is 20.2 Å². The van der Waals surface area contributed by atoms with Crippen LogP contribution in [0, 0.1) is 0 Å². The minimum Gasteiger partial charge on any atom is -0.493 e. The maximum atomic E-state index is 12.4. The Morgan fingerprint density at radius 2 is 1.77 bits per heavy atom. The van der Waals surface area contributed by atoms with Gasteiger partial charge in [-0.05, 0) is 60.2 Å². The molecule has 0 aliphatic rings. The summed E-state index contributed by atoms with van der Waals surface area (Å²) in [5.74, 6) is 1.68. The van der Waals surface area contributed by atoms with Crippen molar-refractivity contribution in [3.63, 3.8) is 0 Å². The molecule has 178 valence electrons. The zero-order valence-corrected chi connectivity index (χ0v) is 20.6. The smallest absolute Gasteiger partial charge is 0.250 e. The fourth-order valence-electron chi connectivity index (χ4n) is 3.23. The fraction of sp³-hybridized carbons (Fsp3) is 0.120. The van der Waals surface area contributed by atoms with Crippen LogP contribution in [0.4, 0.5) is 0 Å². The second-order valence-electron chi connectivity index (χ2n) is 7.18. The normalized spacial score (nSPS) is 10.9. The Kier molecular flexibility index (Phi) is 8.02. The minimum atomic E-state index is -0.276. The molecule has 0 spiro atoms. The summed E-state index contributed by atoms with van der Waals surface area (Å²) in [6, 6.07) is 22.5. The molecule has 0 unspecified atom stereocenters. The van der Waals surface area contributed by atoms with Crippen LogP contribution in [0.2, 0.25) is 5.02 Å². The summed E-state index contributed by atoms with van der Waals surface area (Å²) in [5.41, 5.74) is 5.04. The van der Waals surface area contributed by atoms with E-state index < -0.39 is 0 Å². The molecule has 0 bridgehead atoms. The van der Waals surface area contributed by atoms with Gasteiger partial charge in [0.15, 0.2) is 22.5 Å². The number of carbonyl (C=O) groups is 1. The highest BCUT2D eigenvalue weighted by Gasteiger charge is 2.17. The number of para-hydroxylation sites is 1. The highest BCUT2D eigenvalue weighted by Crippen LogP contribution is 2.29. The van der Waals surface area contributed by atoms with Gasteiger partial charge in [-0.1, -0.05) is 41.6 Å². The Morgan fingerprint density at radius 1 is 1.03 bits per heavy atom. The van der Waals surface area contributed by atoms with Crippen LogP contribution in [-0.2, 0) is 4.79 Å². The van der Waals surface area contributed by atoms with E-state index in [4.69, 9.17) is 21.1 Å². The summed E-state index contributed by atoms with van der Waals surface area (Å²) in [6.07, 6.45) is 1.54. The molecule has 4 rings (SSSR count). The van der Waals surface area contributed by atoms with Crippen molar-refractivity contribution in [2.75, 3.05) is 20.0 Å². The van der Waals surface area contributed by atoms with Gasteiger partial charge in [0, 0.05) is 16.3 Å². The van der Waals surface area contributed by atoms with Crippen molar-refractivity contribution in [3.8, 4) is 28.6 Å². The Morgan fingerprint density at radius 3 is 2.49 bits per heavy atom. The molecule has 8 nitrogen and oxygen atoms in total. The predicted octanol–water partition coefficient (Wildman–Crippen LogP) is 4.85. The van der Waals surface area contributed by atoms with E-state index in [1.807, 2.05) is 53.1 Å². The lowest BCUT2D eigenvalue weighted by atomic mass is 10.2. The van der Waals surface area contributed by atoms with Gasteiger partial charge in [-0.15, -0.1) is 10.2 Å². The maximum absolute atomic E-state index is 12.4. The van der Waals surface area contributed by atoms with Gasteiger partial charge in [0.05, 0.1) is 26.2 Å². The summed E-state index contributed by atoms with van der Waals surface area (Å²) in [4.78, 5) is 12.4. The number of hydrogen-bond donors (Lipinski definition) is 1. The van der Waals surface area contributed by atoms with E-state index in [9.17, 15) is 4.79 Å². The third-order valence-electron chi connectivity index (χ3n) is 4.89. The lowest BCUT2D eigenvalue weighted by Gasteiger charge is -2.10. The Bertz CT molecular complexity index is 1330. The van der Waals surface area contributed by atoms with Crippen molar-refractivity contribution >= 4 is 35.5 Å². The molecule has 35 heavy (non-hydrogen) atoms. The van der Waals surface area contributed by atoms with Crippen LogP contribution >= 0.6 is 23.4 Å². The number of carbonyl (C=O) groups excluding carboxylic acids is 1. The Labute approximate surface area is 211 Å². The molecule has 1 aromatic heterocycles. The number of benzene rings is 3. The van der Waals surface area contributed by atoms with Gasteiger partial charge >= 0.3 is 0 Å². The van der Waals surface area contributed by atoms with Gasteiger partial charge in [0.25, 0.3) is 5.91 Å². The summed E-state index contributed by atoms with van der Waals surface area (Å²) in [6.45, 7) is 0. The largest absolute Gasteiger partial charge is 0.493 e. The molecule has 0 saturated carbocycles. The molecule has 3 aromatic carbocycles. The van der Waals surface area contributed by atoms with Crippen LogP contribution in [-0.4, -0.2) is 46.9 Å². The van der Waals surface area contributed by atoms with Crippen molar-refractivity contribution < 1.29 is 14.3 Å². The first kappa shape index (κ1) is 24.3. The van der Waals surface area contributed by atoms with Crippen LogP contribution < -0.4 is 14.9 Å². The van der Waals surface area contributed by atoms with Gasteiger partial charge in [0.1, 0.15) is 0 Å². The van der Waals surface area contributed by atoms with Gasteiger partial charge < -0.3 is 9.47 Å². The predicted molar refractivity (Wildman–Crippen MR) is 138 cm³/mol. The van der Waals surface area contributed by atoms with Crippen LogP contribution in [0.3, 0.4) is 0 Å². The average Bonchev–Trinajstić information content (AvgIpc) is 3.32. The van der Waals surface area contributed by atoms with Gasteiger partial charge in [0.2, 0.25) is 0 Å². The molecule has 1 N–H and O–H groups in total. The molecule has 0 aliphatic heterocycles. The van der Waals surface area contributed by atoms with Crippen molar-refractivity contribution in [2.24, 2.45) is 5.10 Å². The molecule has 4 aromatic rings. The zero-order chi connectivity index (χ0) is 24.6. The number of rotatable bonds is 9. The number of nitrogens with zero attached hydrogens (tertiary/aromatic N) is 4. The van der Waals surface area contributed by atoms with E-state index in [0.29, 0.717) is 27.5 Å². The third-order valence-corrected chi connectivity index (χ3v) is 6.07. The minimum absolute atomic E-state index is 0.106. The second-order valence-corrected chi connectivity index (χ2v) is 8.56. The summed E-state index contributed by atoms with van der Waals surface area (Å²) < 4.78 is 12.4. The van der Waals surface area contributed by atoms with Gasteiger partial charge in [-0.25, -0.2) is 5.43 Å². The molecule has 0 saturated heterocycles. The first-order valence-corrected chi connectivity index (χ1v) is 11.9. The van der Waals surface area contributed by atoms with Crippen LogP contribution in [0.5, 0.6) is 11.5 Å². The molecule has 10 heteroatoms. The van der Waals surface area contributed by atoms with E-state index in [0.717, 1.165) is 16.8 Å². The number of hydrogen-bond acceptors (Lipinski definition) is 7. The summed E-state index contributed by atoms with van der Waals surface area (Å²) in [5, 5.41) is 14.0. The van der Waals surface area contributed by atoms with E-state index in [2.05, 4.69) is 20.7 Å². The highest BCUT2D eigenvalue weighted by molar-refractivity contribution is 7.99. The number of thioether (sulfide) groups is 1. The number of methoxy groups -OCH3 is 2. The van der Waals surface area contributed by atoms with E-state index >= 15 is 0 Å². The summed E-state index contributed by atoms with van der Waals surface area (Å²) in [7, 11) is 3.13. The van der Waals surface area contributed by atoms with Crippen LogP contribution in [0.1, 0.15) is 5.56 Å². The monoisotopic (exact) mass is 507 g/mol. The number of ether oxygens (including phenoxy) is 2.